The van der Waals surface area contributed by atoms with E-state index in [1.54, 1.807) is 41.7 Å². The SMILES string of the molecule is N=Cc1cc(C(=O)Nc2cccc(-c3nn[nH]n3)c2)cc(-c2cc3ccccc3s2)c1N. The summed E-state index contributed by atoms with van der Waals surface area (Å²) in [6.45, 7) is 0. The van der Waals surface area contributed by atoms with Crippen molar-refractivity contribution in [1.29, 1.82) is 5.41 Å². The maximum Gasteiger partial charge on any atom is 0.255 e. The zero-order valence-corrected chi connectivity index (χ0v) is 17.5. The van der Waals surface area contributed by atoms with Crippen LogP contribution in [0.4, 0.5) is 11.4 Å². The molecule has 0 saturated carbocycles. The lowest BCUT2D eigenvalue weighted by atomic mass is 10.0. The highest BCUT2D eigenvalue weighted by Crippen LogP contribution is 2.38. The van der Waals surface area contributed by atoms with E-state index >= 15 is 0 Å². The molecule has 1 amide bonds. The normalized spacial score (nSPS) is 10.9. The fourth-order valence-electron chi connectivity index (χ4n) is 3.47. The summed E-state index contributed by atoms with van der Waals surface area (Å²) in [6.07, 6.45) is 1.17. The molecule has 0 aliphatic rings. The van der Waals surface area contributed by atoms with Crippen LogP contribution in [0, 0.1) is 5.41 Å². The fourth-order valence-corrected chi connectivity index (χ4v) is 4.56. The number of fused-ring (bicyclic) bond motifs is 1. The monoisotopic (exact) mass is 439 g/mol. The number of anilines is 2. The average molecular weight is 440 g/mol. The Morgan fingerprint density at radius 3 is 2.75 bits per heavy atom. The van der Waals surface area contributed by atoms with E-state index in [0.717, 1.165) is 26.1 Å². The summed E-state index contributed by atoms with van der Waals surface area (Å²) in [5.74, 6) is 0.132. The number of tetrazole rings is 1. The third-order valence-electron chi connectivity index (χ3n) is 5.04. The molecular weight excluding hydrogens is 422 g/mol. The lowest BCUT2D eigenvalue weighted by Gasteiger charge is -2.12. The smallest absolute Gasteiger partial charge is 0.255 e. The average Bonchev–Trinajstić information content (AvgIpc) is 3.49. The maximum atomic E-state index is 13.1. The molecule has 0 radical (unpaired) electrons. The van der Waals surface area contributed by atoms with Crippen molar-refractivity contribution in [3.05, 3.63) is 77.9 Å². The van der Waals surface area contributed by atoms with Crippen molar-refractivity contribution in [3.63, 3.8) is 0 Å². The highest BCUT2D eigenvalue weighted by Gasteiger charge is 2.16. The van der Waals surface area contributed by atoms with Crippen LogP contribution in [-0.2, 0) is 0 Å². The van der Waals surface area contributed by atoms with Crippen LogP contribution in [0.3, 0.4) is 0 Å². The molecule has 0 fully saturated rings. The van der Waals surface area contributed by atoms with E-state index in [0.29, 0.717) is 28.3 Å². The van der Waals surface area contributed by atoms with E-state index < -0.39 is 0 Å². The van der Waals surface area contributed by atoms with Crippen molar-refractivity contribution >= 4 is 44.9 Å². The predicted octanol–water partition coefficient (Wildman–Crippen LogP) is 4.58. The van der Waals surface area contributed by atoms with Gasteiger partial charge in [-0.05, 0) is 47.0 Å². The third-order valence-corrected chi connectivity index (χ3v) is 6.19. The summed E-state index contributed by atoms with van der Waals surface area (Å²) in [5.41, 5.74) is 9.77. The number of nitrogens with zero attached hydrogens (tertiary/aromatic N) is 3. The van der Waals surface area contributed by atoms with Gasteiger partial charge in [0.15, 0.2) is 0 Å². The predicted molar refractivity (Wildman–Crippen MR) is 127 cm³/mol. The molecule has 3 aromatic carbocycles. The largest absolute Gasteiger partial charge is 0.398 e. The molecule has 0 bridgehead atoms. The Hall–Kier alpha value is -4.37. The highest BCUT2D eigenvalue weighted by atomic mass is 32.1. The number of rotatable bonds is 5. The molecule has 5 aromatic rings. The number of benzene rings is 3. The van der Waals surface area contributed by atoms with Gasteiger partial charge in [-0.2, -0.15) is 5.21 Å². The molecule has 2 heterocycles. The molecule has 0 aliphatic carbocycles. The molecule has 32 heavy (non-hydrogen) atoms. The van der Waals surface area contributed by atoms with Crippen molar-refractivity contribution in [2.75, 3.05) is 11.1 Å². The van der Waals surface area contributed by atoms with E-state index in [1.165, 1.54) is 6.21 Å². The Morgan fingerprint density at radius 2 is 1.97 bits per heavy atom. The van der Waals surface area contributed by atoms with Crippen LogP contribution in [-0.4, -0.2) is 32.7 Å². The summed E-state index contributed by atoms with van der Waals surface area (Å²) >= 11 is 1.60. The number of carbonyl (C=O) groups excluding carboxylic acids is 1. The second-order valence-electron chi connectivity index (χ2n) is 7.09. The Kier molecular flexibility index (Phi) is 4.92. The van der Waals surface area contributed by atoms with Gasteiger partial charge in [-0.25, -0.2) is 0 Å². The zero-order chi connectivity index (χ0) is 22.1. The highest BCUT2D eigenvalue weighted by molar-refractivity contribution is 7.22. The number of H-pyrrole nitrogens is 1. The van der Waals surface area contributed by atoms with Crippen LogP contribution in [0.25, 0.3) is 31.9 Å². The molecule has 8 nitrogen and oxygen atoms in total. The minimum absolute atomic E-state index is 0.305. The standard InChI is InChI=1S/C23H17N7OS/c24-12-16-8-15(10-18(21(16)25)20-11-13-4-1-2-7-19(13)32-20)23(31)26-17-6-3-5-14(9-17)22-27-29-30-28-22/h1-12,24H,25H2,(H,26,31)(H,27,28,29,30). The van der Waals surface area contributed by atoms with Gasteiger partial charge in [0.2, 0.25) is 5.82 Å². The van der Waals surface area contributed by atoms with Crippen LogP contribution >= 0.6 is 11.3 Å². The molecule has 5 rings (SSSR count). The van der Waals surface area contributed by atoms with Crippen LogP contribution < -0.4 is 11.1 Å². The minimum Gasteiger partial charge on any atom is -0.398 e. The van der Waals surface area contributed by atoms with Crippen molar-refractivity contribution in [3.8, 4) is 21.8 Å². The Balaban J connectivity index is 1.51. The summed E-state index contributed by atoms with van der Waals surface area (Å²) in [5, 5.41) is 25.7. The van der Waals surface area contributed by atoms with Crippen molar-refractivity contribution in [1.82, 2.24) is 20.6 Å². The number of nitrogens with two attached hydrogens (primary N) is 1. The van der Waals surface area contributed by atoms with Gasteiger partial charge < -0.3 is 16.5 Å². The van der Waals surface area contributed by atoms with E-state index in [2.05, 4.69) is 32.0 Å². The number of nitrogen functional groups attached to an aromatic ring is 1. The first-order chi connectivity index (χ1) is 15.6. The van der Waals surface area contributed by atoms with Gasteiger partial charge in [0, 0.05) is 49.4 Å². The molecular formula is C23H17N7OS. The Bertz CT molecular complexity index is 1420. The number of amides is 1. The minimum atomic E-state index is -0.305. The van der Waals surface area contributed by atoms with Crippen molar-refractivity contribution in [2.24, 2.45) is 0 Å². The number of aromatic amines is 1. The zero-order valence-electron chi connectivity index (χ0n) is 16.7. The molecule has 0 aliphatic heterocycles. The molecule has 0 saturated heterocycles. The second kappa shape index (κ2) is 8.05. The fraction of sp³-hybridized carbons (Fsp3) is 0. The Labute approximate surface area is 186 Å². The molecule has 156 valence electrons. The van der Waals surface area contributed by atoms with Gasteiger partial charge in [-0.1, -0.05) is 30.3 Å². The number of aromatic nitrogens is 4. The molecule has 0 atom stereocenters. The van der Waals surface area contributed by atoms with Crippen molar-refractivity contribution < 1.29 is 4.79 Å². The van der Waals surface area contributed by atoms with E-state index in [1.807, 2.05) is 30.3 Å². The van der Waals surface area contributed by atoms with Gasteiger partial charge in [-0.15, -0.1) is 21.5 Å². The second-order valence-corrected chi connectivity index (χ2v) is 8.17. The number of hydrogen-bond acceptors (Lipinski definition) is 7. The summed E-state index contributed by atoms with van der Waals surface area (Å²) in [6, 6.07) is 20.7. The van der Waals surface area contributed by atoms with Gasteiger partial charge in [-0.3, -0.25) is 4.79 Å². The third kappa shape index (κ3) is 3.61. The maximum absolute atomic E-state index is 13.1. The van der Waals surface area contributed by atoms with Crippen LogP contribution in [0.15, 0.2) is 66.7 Å². The number of carbonyl (C=O) groups is 1. The lowest BCUT2D eigenvalue weighted by Crippen LogP contribution is -2.13. The van der Waals surface area contributed by atoms with E-state index in [4.69, 9.17) is 11.1 Å². The van der Waals surface area contributed by atoms with Gasteiger partial charge in [0.25, 0.3) is 5.91 Å². The lowest BCUT2D eigenvalue weighted by molar-refractivity contribution is 0.102. The first kappa shape index (κ1) is 19.6. The topological polar surface area (TPSA) is 133 Å². The Morgan fingerprint density at radius 1 is 1.09 bits per heavy atom. The van der Waals surface area contributed by atoms with Gasteiger partial charge in [0.1, 0.15) is 0 Å². The van der Waals surface area contributed by atoms with Crippen LogP contribution in [0.1, 0.15) is 15.9 Å². The van der Waals surface area contributed by atoms with E-state index in [-0.39, 0.29) is 5.91 Å². The summed E-state index contributed by atoms with van der Waals surface area (Å²) in [4.78, 5) is 14.0. The number of thiophene rings is 1. The first-order valence-corrected chi connectivity index (χ1v) is 10.5. The number of nitrogens with one attached hydrogen (secondary N) is 3. The first-order valence-electron chi connectivity index (χ1n) is 9.70. The molecule has 9 heteroatoms. The van der Waals surface area contributed by atoms with Crippen LogP contribution in [0.2, 0.25) is 0 Å². The molecule has 0 spiro atoms. The summed E-state index contributed by atoms with van der Waals surface area (Å²) in [7, 11) is 0. The molecule has 5 N–H and O–H groups in total. The van der Waals surface area contributed by atoms with Crippen LogP contribution in [0.5, 0.6) is 0 Å². The van der Waals surface area contributed by atoms with Gasteiger partial charge in [0.05, 0.1) is 0 Å². The summed E-state index contributed by atoms with van der Waals surface area (Å²) < 4.78 is 1.13. The molecule has 0 unspecified atom stereocenters. The van der Waals surface area contributed by atoms with E-state index in [9.17, 15) is 4.79 Å². The number of hydrogen-bond donors (Lipinski definition) is 4. The van der Waals surface area contributed by atoms with Gasteiger partial charge >= 0.3 is 0 Å². The quantitative estimate of drug-likeness (QED) is 0.235. The van der Waals surface area contributed by atoms with Crippen molar-refractivity contribution in [2.45, 2.75) is 0 Å². The molecule has 2 aromatic heterocycles.